The zero-order chi connectivity index (χ0) is 8.55. The number of H-pyrrole nitrogens is 1. The summed E-state index contributed by atoms with van der Waals surface area (Å²) in [6.45, 7) is 0. The van der Waals surface area contributed by atoms with E-state index in [2.05, 4.69) is 5.10 Å². The van der Waals surface area contributed by atoms with Gasteiger partial charge in [0.05, 0.1) is 0 Å². The molecule has 0 bridgehead atoms. The van der Waals surface area contributed by atoms with Crippen LogP contribution in [0.4, 0.5) is 5.69 Å². The number of nitrogen functional groups attached to an aromatic ring is 1. The van der Waals surface area contributed by atoms with Crippen molar-refractivity contribution >= 4 is 23.0 Å². The van der Waals surface area contributed by atoms with Gasteiger partial charge in [0.1, 0.15) is 5.69 Å². The van der Waals surface area contributed by atoms with E-state index in [-0.39, 0.29) is 0 Å². The molecule has 62 valence electrons. The maximum absolute atomic E-state index is 5.88. The summed E-state index contributed by atoms with van der Waals surface area (Å²) >= 11 is 1.62. The van der Waals surface area contributed by atoms with E-state index in [1.54, 1.807) is 11.8 Å². The first-order valence-electron chi connectivity index (χ1n) is 3.65. The Hall–Kier alpha value is -1.16. The lowest BCUT2D eigenvalue weighted by Crippen LogP contribution is -2.21. The minimum Gasteiger partial charge on any atom is -0.391 e. The Morgan fingerprint density at radius 3 is 3.00 bits per heavy atom. The SMILES string of the molecule is CSc1[nH][n+]2ccccc2c1N. The Bertz CT molecular complexity index is 408. The summed E-state index contributed by atoms with van der Waals surface area (Å²) in [6, 6.07) is 5.93. The Morgan fingerprint density at radius 1 is 1.50 bits per heavy atom. The summed E-state index contributed by atoms with van der Waals surface area (Å²) in [5, 5.41) is 4.18. The van der Waals surface area contributed by atoms with Crippen LogP contribution in [-0.2, 0) is 0 Å². The fraction of sp³-hybridized carbons (Fsp3) is 0.125. The van der Waals surface area contributed by atoms with Gasteiger partial charge in [-0.2, -0.15) is 5.10 Å². The van der Waals surface area contributed by atoms with Crippen LogP contribution in [-0.4, -0.2) is 11.4 Å². The van der Waals surface area contributed by atoms with Gasteiger partial charge in [0, 0.05) is 12.1 Å². The molecule has 2 rings (SSSR count). The highest BCUT2D eigenvalue weighted by Gasteiger charge is 2.13. The number of thioether (sulfide) groups is 1. The predicted octanol–water partition coefficient (Wildman–Crippen LogP) is 1.06. The van der Waals surface area contributed by atoms with Crippen molar-refractivity contribution in [1.82, 2.24) is 5.10 Å². The van der Waals surface area contributed by atoms with E-state index in [1.807, 2.05) is 35.2 Å². The molecule has 0 fully saturated rings. The van der Waals surface area contributed by atoms with Crippen molar-refractivity contribution in [1.29, 1.82) is 0 Å². The Morgan fingerprint density at radius 2 is 2.33 bits per heavy atom. The standard InChI is InChI=1S/C8H9N3S/c1-12-8-7(9)6-4-2-3-5-11(6)10-8/h2-5H,9H2,1H3/p+1. The highest BCUT2D eigenvalue weighted by Crippen LogP contribution is 2.21. The second-order valence-corrected chi connectivity index (χ2v) is 3.33. The molecule has 2 aromatic rings. The van der Waals surface area contributed by atoms with E-state index >= 15 is 0 Å². The summed E-state index contributed by atoms with van der Waals surface area (Å²) in [5.41, 5.74) is 7.73. The molecule has 0 aromatic carbocycles. The highest BCUT2D eigenvalue weighted by molar-refractivity contribution is 7.98. The van der Waals surface area contributed by atoms with Crippen LogP contribution >= 0.6 is 11.8 Å². The number of nitrogens with zero attached hydrogens (tertiary/aromatic N) is 1. The van der Waals surface area contributed by atoms with E-state index in [9.17, 15) is 0 Å². The van der Waals surface area contributed by atoms with E-state index in [4.69, 9.17) is 5.73 Å². The van der Waals surface area contributed by atoms with Gasteiger partial charge in [0.25, 0.3) is 5.52 Å². The average Bonchev–Trinajstić information content (AvgIpc) is 2.44. The van der Waals surface area contributed by atoms with Crippen molar-refractivity contribution in [3.63, 3.8) is 0 Å². The number of nitrogens with two attached hydrogens (primary N) is 1. The van der Waals surface area contributed by atoms with Crippen LogP contribution in [0.1, 0.15) is 0 Å². The second-order valence-electron chi connectivity index (χ2n) is 2.51. The van der Waals surface area contributed by atoms with E-state index in [0.717, 1.165) is 16.2 Å². The molecule has 3 nitrogen and oxygen atoms in total. The van der Waals surface area contributed by atoms with Crippen LogP contribution in [0.2, 0.25) is 0 Å². The zero-order valence-electron chi connectivity index (χ0n) is 6.74. The highest BCUT2D eigenvalue weighted by atomic mass is 32.2. The van der Waals surface area contributed by atoms with E-state index in [1.165, 1.54) is 0 Å². The van der Waals surface area contributed by atoms with Crippen LogP contribution < -0.4 is 10.2 Å². The van der Waals surface area contributed by atoms with Gasteiger partial charge in [0.15, 0.2) is 5.03 Å². The number of fused-ring (bicyclic) bond motifs is 1. The van der Waals surface area contributed by atoms with Crippen molar-refractivity contribution < 1.29 is 4.52 Å². The third-order valence-electron chi connectivity index (χ3n) is 1.81. The fourth-order valence-electron chi connectivity index (χ4n) is 1.20. The molecule has 0 saturated carbocycles. The van der Waals surface area contributed by atoms with Crippen molar-refractivity contribution in [2.45, 2.75) is 5.03 Å². The minimum atomic E-state index is 0.822. The van der Waals surface area contributed by atoms with Crippen molar-refractivity contribution in [2.75, 3.05) is 12.0 Å². The summed E-state index contributed by atoms with van der Waals surface area (Å²) in [4.78, 5) is 0. The Kier molecular flexibility index (Phi) is 1.69. The quantitative estimate of drug-likeness (QED) is 0.509. The lowest BCUT2D eigenvalue weighted by molar-refractivity contribution is -0.579. The monoisotopic (exact) mass is 180 g/mol. The number of nitrogens with one attached hydrogen (secondary N) is 1. The molecule has 4 heteroatoms. The number of hydrogen-bond donors (Lipinski definition) is 2. The molecule has 2 heterocycles. The molecular formula is C8H10N3S+. The van der Waals surface area contributed by atoms with Crippen LogP contribution in [0.3, 0.4) is 0 Å². The summed E-state index contributed by atoms with van der Waals surface area (Å²) < 4.78 is 1.92. The Balaban J connectivity index is 2.78. The van der Waals surface area contributed by atoms with Gasteiger partial charge in [-0.05, 0) is 12.3 Å². The van der Waals surface area contributed by atoms with Crippen molar-refractivity contribution in [2.24, 2.45) is 0 Å². The predicted molar refractivity (Wildman–Crippen MR) is 50.1 cm³/mol. The molecule has 0 aliphatic heterocycles. The molecule has 0 radical (unpaired) electrons. The average molecular weight is 180 g/mol. The number of rotatable bonds is 1. The van der Waals surface area contributed by atoms with Crippen LogP contribution in [0.5, 0.6) is 0 Å². The smallest absolute Gasteiger partial charge is 0.261 e. The van der Waals surface area contributed by atoms with Crippen LogP contribution in [0.15, 0.2) is 29.4 Å². The van der Waals surface area contributed by atoms with Gasteiger partial charge in [0.2, 0.25) is 6.20 Å². The van der Waals surface area contributed by atoms with Gasteiger partial charge in [-0.3, -0.25) is 0 Å². The molecule has 0 unspecified atom stereocenters. The van der Waals surface area contributed by atoms with E-state index < -0.39 is 0 Å². The number of aromatic amines is 1. The summed E-state index contributed by atoms with van der Waals surface area (Å²) in [6.07, 6.45) is 3.95. The first-order valence-corrected chi connectivity index (χ1v) is 4.87. The molecule has 0 aliphatic rings. The lowest BCUT2D eigenvalue weighted by atomic mass is 10.4. The third-order valence-corrected chi connectivity index (χ3v) is 2.53. The van der Waals surface area contributed by atoms with Gasteiger partial charge in [-0.15, -0.1) is 11.8 Å². The van der Waals surface area contributed by atoms with Gasteiger partial charge in [-0.25, -0.2) is 0 Å². The normalized spacial score (nSPS) is 10.8. The van der Waals surface area contributed by atoms with Gasteiger partial charge in [-0.1, -0.05) is 4.52 Å². The maximum Gasteiger partial charge on any atom is 0.261 e. The number of anilines is 1. The molecule has 0 aliphatic carbocycles. The minimum absolute atomic E-state index is 0.822. The second kappa shape index (κ2) is 2.71. The molecule has 2 aromatic heterocycles. The molecule has 12 heavy (non-hydrogen) atoms. The van der Waals surface area contributed by atoms with Gasteiger partial charge < -0.3 is 5.73 Å². The van der Waals surface area contributed by atoms with Crippen LogP contribution in [0.25, 0.3) is 5.52 Å². The molecule has 0 spiro atoms. The van der Waals surface area contributed by atoms with Crippen molar-refractivity contribution in [3.8, 4) is 0 Å². The summed E-state index contributed by atoms with van der Waals surface area (Å²) in [5.74, 6) is 0. The maximum atomic E-state index is 5.88. The third kappa shape index (κ3) is 0.956. The number of pyridine rings is 1. The Labute approximate surface area is 74.6 Å². The molecule has 0 saturated heterocycles. The van der Waals surface area contributed by atoms with Crippen LogP contribution in [0, 0.1) is 0 Å². The zero-order valence-corrected chi connectivity index (χ0v) is 7.56. The molecule has 0 atom stereocenters. The molecule has 0 amide bonds. The fourth-order valence-corrected chi connectivity index (χ4v) is 1.72. The molecule has 3 N–H and O–H groups in total. The summed E-state index contributed by atoms with van der Waals surface area (Å²) in [7, 11) is 0. The first kappa shape index (κ1) is 7.49. The molecular weight excluding hydrogens is 170 g/mol. The van der Waals surface area contributed by atoms with Crippen molar-refractivity contribution in [3.05, 3.63) is 24.4 Å². The van der Waals surface area contributed by atoms with Gasteiger partial charge >= 0.3 is 0 Å². The first-order chi connectivity index (χ1) is 5.83. The number of aromatic nitrogens is 2. The lowest BCUT2D eigenvalue weighted by Gasteiger charge is -1.84. The number of hydrogen-bond acceptors (Lipinski definition) is 2. The topological polar surface area (TPSA) is 45.9 Å². The van der Waals surface area contributed by atoms with E-state index in [0.29, 0.717) is 0 Å². The largest absolute Gasteiger partial charge is 0.391 e.